The average Bonchev–Trinajstić information content (AvgIpc) is 3.02. The SMILES string of the molecule is C=C1NC(=O)C(Cc2ccc(OCCN(C)C(=C)C=CC=CC(C)CC)cc2)S1. The quantitative estimate of drug-likeness (QED) is 0.524. The van der Waals surface area contributed by atoms with Crippen LogP contribution in [-0.2, 0) is 11.2 Å². The van der Waals surface area contributed by atoms with E-state index in [1.165, 1.54) is 11.8 Å². The van der Waals surface area contributed by atoms with Crippen molar-refractivity contribution in [1.82, 2.24) is 10.2 Å². The van der Waals surface area contributed by atoms with Crippen molar-refractivity contribution in [1.29, 1.82) is 0 Å². The lowest BCUT2D eigenvalue weighted by Gasteiger charge is -2.19. The maximum absolute atomic E-state index is 11.8. The van der Waals surface area contributed by atoms with Crippen LogP contribution in [0.15, 0.2) is 72.5 Å². The molecule has 0 aromatic heterocycles. The first-order chi connectivity index (χ1) is 13.9. The highest BCUT2D eigenvalue weighted by Gasteiger charge is 2.27. The summed E-state index contributed by atoms with van der Waals surface area (Å²) in [7, 11) is 2.01. The molecule has 1 aromatic rings. The molecule has 0 aliphatic carbocycles. The molecule has 0 saturated carbocycles. The molecule has 1 aliphatic rings. The second kappa shape index (κ2) is 11.6. The van der Waals surface area contributed by atoms with Crippen LogP contribution in [0.3, 0.4) is 0 Å². The Morgan fingerprint density at radius 3 is 2.69 bits per heavy atom. The van der Waals surface area contributed by atoms with Crippen molar-refractivity contribution in [2.45, 2.75) is 31.9 Å². The van der Waals surface area contributed by atoms with Gasteiger partial charge in [0.1, 0.15) is 12.4 Å². The van der Waals surface area contributed by atoms with Gasteiger partial charge in [-0.15, -0.1) is 0 Å². The fourth-order valence-corrected chi connectivity index (χ4v) is 3.62. The summed E-state index contributed by atoms with van der Waals surface area (Å²) < 4.78 is 5.84. The number of benzene rings is 1. The van der Waals surface area contributed by atoms with E-state index >= 15 is 0 Å². The molecule has 1 aromatic carbocycles. The molecular weight excluding hydrogens is 380 g/mol. The summed E-state index contributed by atoms with van der Waals surface area (Å²) in [6.45, 7) is 13.6. The van der Waals surface area contributed by atoms with Crippen molar-refractivity contribution in [3.8, 4) is 5.75 Å². The molecule has 1 aliphatic heterocycles. The van der Waals surface area contributed by atoms with Gasteiger partial charge in [-0.25, -0.2) is 0 Å². The van der Waals surface area contributed by atoms with Crippen molar-refractivity contribution in [3.05, 3.63) is 78.0 Å². The number of rotatable bonds is 11. The van der Waals surface area contributed by atoms with E-state index in [0.717, 1.165) is 35.0 Å². The zero-order valence-electron chi connectivity index (χ0n) is 17.7. The zero-order valence-corrected chi connectivity index (χ0v) is 18.5. The van der Waals surface area contributed by atoms with Gasteiger partial charge in [-0.3, -0.25) is 4.79 Å². The standard InChI is InChI=1S/C24H32N2O2S/c1-6-18(2)9-7-8-10-19(3)26(5)15-16-28-22-13-11-21(12-14-22)17-23-24(27)25-20(4)29-23/h7-14,18,23H,3-4,6,15-17H2,1-2,5H3,(H,25,27). The average molecular weight is 413 g/mol. The predicted octanol–water partition coefficient (Wildman–Crippen LogP) is 4.91. The second-order valence-electron chi connectivity index (χ2n) is 7.26. The van der Waals surface area contributed by atoms with E-state index in [1.807, 2.05) is 43.5 Å². The minimum absolute atomic E-state index is 0.0352. The monoisotopic (exact) mass is 412 g/mol. The van der Waals surface area contributed by atoms with E-state index in [-0.39, 0.29) is 11.2 Å². The Morgan fingerprint density at radius 1 is 1.34 bits per heavy atom. The maximum Gasteiger partial charge on any atom is 0.238 e. The molecule has 1 fully saturated rings. The van der Waals surface area contributed by atoms with E-state index in [4.69, 9.17) is 4.74 Å². The van der Waals surface area contributed by atoms with Gasteiger partial charge in [-0.2, -0.15) is 0 Å². The molecule has 1 heterocycles. The molecule has 1 saturated heterocycles. The third-order valence-electron chi connectivity index (χ3n) is 4.85. The van der Waals surface area contributed by atoms with Gasteiger partial charge < -0.3 is 15.0 Å². The molecule has 2 atom stereocenters. The van der Waals surface area contributed by atoms with Gasteiger partial charge in [0.15, 0.2) is 0 Å². The van der Waals surface area contributed by atoms with Crippen molar-refractivity contribution in [3.63, 3.8) is 0 Å². The lowest BCUT2D eigenvalue weighted by molar-refractivity contribution is -0.119. The van der Waals surface area contributed by atoms with Gasteiger partial charge in [0.25, 0.3) is 0 Å². The summed E-state index contributed by atoms with van der Waals surface area (Å²) in [5.41, 5.74) is 2.06. The predicted molar refractivity (Wildman–Crippen MR) is 124 cm³/mol. The topological polar surface area (TPSA) is 41.6 Å². The lowest BCUT2D eigenvalue weighted by atomic mass is 10.1. The third kappa shape index (κ3) is 7.86. The third-order valence-corrected chi connectivity index (χ3v) is 5.90. The zero-order chi connectivity index (χ0) is 21.2. The van der Waals surface area contributed by atoms with E-state index in [0.29, 0.717) is 18.9 Å². The van der Waals surface area contributed by atoms with Crippen LogP contribution in [0.5, 0.6) is 5.75 Å². The molecule has 0 radical (unpaired) electrons. The number of carbonyl (C=O) groups is 1. The molecule has 156 valence electrons. The lowest BCUT2D eigenvalue weighted by Crippen LogP contribution is -2.23. The van der Waals surface area contributed by atoms with Gasteiger partial charge in [0.2, 0.25) is 5.91 Å². The Labute approximate surface area is 179 Å². The first-order valence-corrected chi connectivity index (χ1v) is 10.9. The number of carbonyl (C=O) groups excluding carboxylic acids is 1. The van der Waals surface area contributed by atoms with Crippen molar-refractivity contribution in [2.75, 3.05) is 20.2 Å². The number of allylic oxidation sites excluding steroid dienone is 4. The van der Waals surface area contributed by atoms with Crippen molar-refractivity contribution in [2.24, 2.45) is 5.92 Å². The number of likely N-dealkylation sites (N-methyl/N-ethyl adjacent to an activating group) is 1. The normalized spacial score (nSPS) is 17.7. The highest BCUT2D eigenvalue weighted by Crippen LogP contribution is 2.28. The van der Waals surface area contributed by atoms with Crippen LogP contribution in [0, 0.1) is 5.92 Å². The van der Waals surface area contributed by atoms with Gasteiger partial charge in [0, 0.05) is 12.7 Å². The summed E-state index contributed by atoms with van der Waals surface area (Å²) in [4.78, 5) is 13.9. The number of hydrogen-bond donors (Lipinski definition) is 1. The molecule has 1 N–H and O–H groups in total. The number of nitrogens with zero attached hydrogens (tertiary/aromatic N) is 1. The molecular formula is C24H32N2O2S. The Kier molecular flexibility index (Phi) is 9.13. The summed E-state index contributed by atoms with van der Waals surface area (Å²) in [5, 5.41) is 3.39. The largest absolute Gasteiger partial charge is 0.492 e. The fourth-order valence-electron chi connectivity index (χ4n) is 2.67. The highest BCUT2D eigenvalue weighted by atomic mass is 32.2. The molecule has 4 nitrogen and oxygen atoms in total. The number of thioether (sulfide) groups is 1. The van der Waals surface area contributed by atoms with E-state index < -0.39 is 0 Å². The van der Waals surface area contributed by atoms with Crippen molar-refractivity contribution < 1.29 is 9.53 Å². The van der Waals surface area contributed by atoms with Crippen LogP contribution >= 0.6 is 11.8 Å². The van der Waals surface area contributed by atoms with E-state index in [9.17, 15) is 4.79 Å². The van der Waals surface area contributed by atoms with Crippen molar-refractivity contribution >= 4 is 17.7 Å². The van der Waals surface area contributed by atoms with Crippen LogP contribution in [0.2, 0.25) is 0 Å². The number of ether oxygens (including phenoxy) is 1. The molecule has 2 rings (SSSR count). The Bertz CT molecular complexity index is 768. The minimum atomic E-state index is -0.0954. The smallest absolute Gasteiger partial charge is 0.238 e. The highest BCUT2D eigenvalue weighted by molar-refractivity contribution is 8.04. The number of hydrogen-bond acceptors (Lipinski definition) is 4. The summed E-state index contributed by atoms with van der Waals surface area (Å²) in [5.74, 6) is 1.46. The van der Waals surface area contributed by atoms with Crippen LogP contribution < -0.4 is 10.1 Å². The molecule has 1 amide bonds. The van der Waals surface area contributed by atoms with E-state index in [1.54, 1.807) is 0 Å². The van der Waals surface area contributed by atoms with Crippen LogP contribution in [-0.4, -0.2) is 36.3 Å². The van der Waals surface area contributed by atoms with Gasteiger partial charge in [-0.05, 0) is 36.1 Å². The Balaban J connectivity index is 1.72. The number of amides is 1. The molecule has 5 heteroatoms. The van der Waals surface area contributed by atoms with Crippen LogP contribution in [0.4, 0.5) is 0 Å². The van der Waals surface area contributed by atoms with Crippen LogP contribution in [0.1, 0.15) is 25.8 Å². The minimum Gasteiger partial charge on any atom is -0.492 e. The van der Waals surface area contributed by atoms with Gasteiger partial charge in [-0.1, -0.05) is 75.5 Å². The summed E-state index contributed by atoms with van der Waals surface area (Å²) in [6.07, 6.45) is 10.2. The molecule has 0 bridgehead atoms. The summed E-state index contributed by atoms with van der Waals surface area (Å²) in [6, 6.07) is 7.94. The first-order valence-electron chi connectivity index (χ1n) is 10.0. The first kappa shape index (κ1) is 22.9. The summed E-state index contributed by atoms with van der Waals surface area (Å²) >= 11 is 1.49. The Hall–Kier alpha value is -2.40. The number of nitrogens with one attached hydrogen (secondary N) is 1. The molecule has 0 spiro atoms. The fraction of sp³-hybridized carbons (Fsp3) is 0.375. The maximum atomic E-state index is 11.8. The second-order valence-corrected chi connectivity index (χ2v) is 8.56. The van der Waals surface area contributed by atoms with Gasteiger partial charge in [0.05, 0.1) is 16.8 Å². The van der Waals surface area contributed by atoms with E-state index in [2.05, 4.69) is 49.4 Å². The molecule has 29 heavy (non-hydrogen) atoms. The van der Waals surface area contributed by atoms with Crippen LogP contribution in [0.25, 0.3) is 0 Å². The Morgan fingerprint density at radius 2 is 2.07 bits per heavy atom. The van der Waals surface area contributed by atoms with Gasteiger partial charge >= 0.3 is 0 Å². The molecule has 2 unspecified atom stereocenters.